The molecule has 0 spiro atoms. The van der Waals surface area contributed by atoms with E-state index >= 15 is 0 Å². The van der Waals surface area contributed by atoms with E-state index in [4.69, 9.17) is 5.11 Å². The van der Waals surface area contributed by atoms with Crippen LogP contribution in [0.15, 0.2) is 0 Å². The van der Waals surface area contributed by atoms with Crippen molar-refractivity contribution in [1.29, 1.82) is 0 Å². The Bertz CT molecular complexity index is 264. The van der Waals surface area contributed by atoms with Gasteiger partial charge in [-0.3, -0.25) is 9.59 Å². The fourth-order valence-electron chi connectivity index (χ4n) is 2.30. The average Bonchev–Trinajstić information content (AvgIpc) is 2.69. The topological polar surface area (TPSA) is 57.6 Å². The van der Waals surface area contributed by atoms with Crippen LogP contribution < -0.4 is 0 Å². The highest BCUT2D eigenvalue weighted by molar-refractivity contribution is 5.93. The van der Waals surface area contributed by atoms with Crippen LogP contribution in [0.3, 0.4) is 0 Å². The smallest absolute Gasteiger partial charge is 0.307 e. The number of carboxylic acid groups (broad SMARTS) is 1. The van der Waals surface area contributed by atoms with Crippen molar-refractivity contribution in [2.24, 2.45) is 17.8 Å². The van der Waals surface area contributed by atoms with Crippen LogP contribution in [-0.4, -0.2) is 35.0 Å². The van der Waals surface area contributed by atoms with Crippen LogP contribution in [0.2, 0.25) is 0 Å². The first-order chi connectivity index (χ1) is 6.16. The zero-order chi connectivity index (χ0) is 9.59. The normalized spacial score (nSPS) is 36.2. The minimum absolute atomic E-state index is 0.0549. The second kappa shape index (κ2) is 2.72. The quantitative estimate of drug-likeness (QED) is 0.679. The van der Waals surface area contributed by atoms with Crippen LogP contribution in [0, 0.1) is 17.8 Å². The van der Waals surface area contributed by atoms with Gasteiger partial charge in [-0.15, -0.1) is 0 Å². The largest absolute Gasteiger partial charge is 0.481 e. The zero-order valence-corrected chi connectivity index (χ0v) is 7.56. The first-order valence-electron chi connectivity index (χ1n) is 4.68. The number of amides is 1. The van der Waals surface area contributed by atoms with Crippen molar-refractivity contribution < 1.29 is 14.7 Å². The number of aliphatic carboxylic acids is 1. The van der Waals surface area contributed by atoms with Crippen molar-refractivity contribution in [3.8, 4) is 0 Å². The van der Waals surface area contributed by atoms with Gasteiger partial charge in [0, 0.05) is 19.0 Å². The van der Waals surface area contributed by atoms with Crippen LogP contribution in [-0.2, 0) is 9.59 Å². The third-order valence-electron chi connectivity index (χ3n) is 2.98. The third-order valence-corrected chi connectivity index (χ3v) is 2.98. The third kappa shape index (κ3) is 1.12. The molecule has 4 heteroatoms. The number of carbonyl (C=O) groups is 2. The molecule has 1 heterocycles. The molecule has 2 rings (SSSR count). The molecule has 1 saturated carbocycles. The summed E-state index contributed by atoms with van der Waals surface area (Å²) in [6, 6.07) is 0. The van der Waals surface area contributed by atoms with Gasteiger partial charge in [0.2, 0.25) is 5.91 Å². The van der Waals surface area contributed by atoms with E-state index < -0.39 is 5.97 Å². The van der Waals surface area contributed by atoms with Gasteiger partial charge in [0.15, 0.2) is 0 Å². The van der Waals surface area contributed by atoms with E-state index in [-0.39, 0.29) is 23.7 Å². The summed E-state index contributed by atoms with van der Waals surface area (Å²) < 4.78 is 0. The summed E-state index contributed by atoms with van der Waals surface area (Å²) in [6.07, 6.45) is 0.947. The monoisotopic (exact) mass is 183 g/mol. The lowest BCUT2D eigenvalue weighted by Crippen LogP contribution is -2.31. The number of carbonyl (C=O) groups excluding carboxylic acids is 1. The second-order valence-corrected chi connectivity index (χ2v) is 3.84. The molecule has 0 bridgehead atoms. The van der Waals surface area contributed by atoms with Gasteiger partial charge in [-0.1, -0.05) is 6.92 Å². The molecule has 0 aromatic heterocycles. The Morgan fingerprint density at radius 1 is 1.69 bits per heavy atom. The minimum atomic E-state index is -0.806. The lowest BCUT2D eigenvalue weighted by Gasteiger charge is -2.17. The highest BCUT2D eigenvalue weighted by atomic mass is 16.4. The molecule has 3 unspecified atom stereocenters. The molecule has 72 valence electrons. The minimum Gasteiger partial charge on any atom is -0.481 e. The number of likely N-dealkylation sites (tertiary alicyclic amines) is 1. The van der Waals surface area contributed by atoms with Crippen LogP contribution in [0.5, 0.6) is 0 Å². The maximum Gasteiger partial charge on any atom is 0.307 e. The highest BCUT2D eigenvalue weighted by Crippen LogP contribution is 2.52. The Labute approximate surface area is 76.5 Å². The molecule has 0 radical (unpaired) electrons. The Balaban J connectivity index is 1.97. The van der Waals surface area contributed by atoms with Crippen LogP contribution in [0.4, 0.5) is 0 Å². The van der Waals surface area contributed by atoms with Crippen molar-refractivity contribution >= 4 is 11.9 Å². The predicted octanol–water partition coefficient (Wildman–Crippen LogP) is 0.185. The van der Waals surface area contributed by atoms with E-state index in [1.807, 2.05) is 6.92 Å². The molecular formula is C9H13NO3. The van der Waals surface area contributed by atoms with Crippen LogP contribution in [0.25, 0.3) is 0 Å². The van der Waals surface area contributed by atoms with Crippen molar-refractivity contribution in [3.63, 3.8) is 0 Å². The van der Waals surface area contributed by atoms with Gasteiger partial charge in [-0.05, 0) is 6.42 Å². The molecule has 2 aliphatic rings. The fraction of sp³-hybridized carbons (Fsp3) is 0.778. The summed E-state index contributed by atoms with van der Waals surface area (Å²) in [5.74, 6) is -1.21. The van der Waals surface area contributed by atoms with E-state index in [0.29, 0.717) is 6.54 Å². The summed E-state index contributed by atoms with van der Waals surface area (Å²) in [4.78, 5) is 23.9. The summed E-state index contributed by atoms with van der Waals surface area (Å²) in [6.45, 7) is 3.46. The van der Waals surface area contributed by atoms with Crippen molar-refractivity contribution in [2.45, 2.75) is 13.3 Å². The Morgan fingerprint density at radius 2 is 2.38 bits per heavy atom. The Hall–Kier alpha value is -1.06. The van der Waals surface area contributed by atoms with Crippen molar-refractivity contribution in [1.82, 2.24) is 4.90 Å². The van der Waals surface area contributed by atoms with E-state index in [0.717, 1.165) is 13.0 Å². The van der Waals surface area contributed by atoms with Crippen molar-refractivity contribution in [2.75, 3.05) is 13.1 Å². The van der Waals surface area contributed by atoms with Crippen molar-refractivity contribution in [3.05, 3.63) is 0 Å². The summed E-state index contributed by atoms with van der Waals surface area (Å²) >= 11 is 0. The number of hydrogen-bond donors (Lipinski definition) is 1. The molecule has 1 saturated heterocycles. The van der Waals surface area contributed by atoms with Crippen LogP contribution in [0.1, 0.15) is 13.3 Å². The summed E-state index contributed by atoms with van der Waals surface area (Å²) in [5, 5.41) is 8.72. The molecule has 2 fully saturated rings. The summed E-state index contributed by atoms with van der Waals surface area (Å²) in [5.41, 5.74) is 0. The van der Waals surface area contributed by atoms with E-state index in [1.165, 1.54) is 0 Å². The number of hydrogen-bond acceptors (Lipinski definition) is 2. The van der Waals surface area contributed by atoms with Gasteiger partial charge in [0.25, 0.3) is 0 Å². The average molecular weight is 183 g/mol. The molecule has 3 atom stereocenters. The Morgan fingerprint density at radius 3 is 2.77 bits per heavy atom. The lowest BCUT2D eigenvalue weighted by molar-refractivity contribution is -0.142. The molecule has 13 heavy (non-hydrogen) atoms. The van der Waals surface area contributed by atoms with E-state index in [2.05, 4.69) is 0 Å². The number of rotatable bonds is 3. The van der Waals surface area contributed by atoms with Gasteiger partial charge >= 0.3 is 5.97 Å². The highest BCUT2D eigenvalue weighted by Gasteiger charge is 2.64. The standard InChI is InChI=1S/C9H13NO3/c1-2-3-10-4-5-6(8(10)11)7(5)9(12)13/h5-7H,2-4H2,1H3,(H,12,13). The molecular weight excluding hydrogens is 170 g/mol. The maximum absolute atomic E-state index is 11.5. The molecule has 1 aliphatic heterocycles. The lowest BCUT2D eigenvalue weighted by atomic mass is 10.2. The number of nitrogens with zero attached hydrogens (tertiary/aromatic N) is 1. The fourth-order valence-corrected chi connectivity index (χ4v) is 2.30. The number of piperidine rings is 1. The molecule has 1 amide bonds. The number of fused-ring (bicyclic) bond motifs is 1. The molecule has 4 nitrogen and oxygen atoms in total. The molecule has 1 aliphatic carbocycles. The number of carboxylic acids is 1. The zero-order valence-electron chi connectivity index (χ0n) is 7.56. The van der Waals surface area contributed by atoms with Gasteiger partial charge in [0.1, 0.15) is 0 Å². The first-order valence-corrected chi connectivity index (χ1v) is 4.68. The maximum atomic E-state index is 11.5. The second-order valence-electron chi connectivity index (χ2n) is 3.84. The predicted molar refractivity (Wildman–Crippen MR) is 45.0 cm³/mol. The Kier molecular flexibility index (Phi) is 1.78. The molecule has 1 N–H and O–H groups in total. The van der Waals surface area contributed by atoms with Gasteiger partial charge < -0.3 is 10.0 Å². The first kappa shape index (κ1) is 8.53. The molecule has 0 aromatic rings. The SMILES string of the molecule is CCCN1CC2C(C(=O)O)C2C1=O. The van der Waals surface area contributed by atoms with Crippen LogP contribution >= 0.6 is 0 Å². The van der Waals surface area contributed by atoms with Gasteiger partial charge in [-0.25, -0.2) is 0 Å². The van der Waals surface area contributed by atoms with Gasteiger partial charge in [-0.2, -0.15) is 0 Å². The molecule has 0 aromatic carbocycles. The van der Waals surface area contributed by atoms with E-state index in [1.54, 1.807) is 4.90 Å². The summed E-state index contributed by atoms with van der Waals surface area (Å²) in [7, 11) is 0. The van der Waals surface area contributed by atoms with Gasteiger partial charge in [0.05, 0.1) is 11.8 Å². The van der Waals surface area contributed by atoms with E-state index in [9.17, 15) is 9.59 Å².